The third kappa shape index (κ3) is 2.53. The number of carboxylic acids is 1. The van der Waals surface area contributed by atoms with Crippen molar-refractivity contribution in [2.24, 2.45) is 0 Å². The summed E-state index contributed by atoms with van der Waals surface area (Å²) >= 11 is 1.21. The highest BCUT2D eigenvalue weighted by Gasteiger charge is 2.22. The Labute approximate surface area is 115 Å². The van der Waals surface area contributed by atoms with Crippen LogP contribution >= 0.6 is 11.3 Å². The van der Waals surface area contributed by atoms with Crippen molar-refractivity contribution < 1.29 is 9.90 Å². The van der Waals surface area contributed by atoms with E-state index in [0.717, 1.165) is 5.69 Å². The lowest BCUT2D eigenvalue weighted by molar-refractivity contribution is 0.0700. The molecule has 6 heteroatoms. The van der Waals surface area contributed by atoms with Crippen LogP contribution in [0, 0.1) is 0 Å². The van der Waals surface area contributed by atoms with Gasteiger partial charge in [0.15, 0.2) is 0 Å². The number of thiazole rings is 1. The highest BCUT2D eigenvalue weighted by atomic mass is 32.1. The highest BCUT2D eigenvalue weighted by molar-refractivity contribution is 7.17. The molecule has 0 amide bonds. The Bertz CT molecular complexity index is 599. The summed E-state index contributed by atoms with van der Waals surface area (Å²) in [4.78, 5) is 20.2. The third-order valence-corrected chi connectivity index (χ3v) is 3.92. The summed E-state index contributed by atoms with van der Waals surface area (Å²) in [5, 5.41) is 9.97. The Kier molecular flexibility index (Phi) is 3.71. The first-order valence-corrected chi connectivity index (χ1v) is 6.99. The van der Waals surface area contributed by atoms with Gasteiger partial charge in [-0.2, -0.15) is 0 Å². The van der Waals surface area contributed by atoms with E-state index >= 15 is 0 Å². The fourth-order valence-electron chi connectivity index (χ4n) is 1.87. The van der Waals surface area contributed by atoms with Crippen LogP contribution in [0.2, 0.25) is 0 Å². The summed E-state index contributed by atoms with van der Waals surface area (Å²) in [5.41, 5.74) is 1.51. The lowest BCUT2D eigenvalue weighted by atomic mass is 10.1. The lowest BCUT2D eigenvalue weighted by Crippen LogP contribution is -2.01. The predicted octanol–water partition coefficient (Wildman–Crippen LogP) is 3.41. The minimum atomic E-state index is -0.914. The molecule has 2 aromatic rings. The number of carboxylic acid groups (broad SMARTS) is 1. The maximum Gasteiger partial charge on any atom is 0.347 e. The van der Waals surface area contributed by atoms with Gasteiger partial charge in [-0.15, -0.1) is 11.3 Å². The van der Waals surface area contributed by atoms with Crippen molar-refractivity contribution >= 4 is 17.3 Å². The van der Waals surface area contributed by atoms with Crippen LogP contribution in [-0.4, -0.2) is 25.6 Å². The van der Waals surface area contributed by atoms with Gasteiger partial charge in [-0.1, -0.05) is 13.8 Å². The van der Waals surface area contributed by atoms with E-state index in [-0.39, 0.29) is 12.0 Å². The van der Waals surface area contributed by atoms with Crippen molar-refractivity contribution in [1.29, 1.82) is 0 Å². The van der Waals surface area contributed by atoms with Crippen LogP contribution in [0.3, 0.4) is 0 Å². The van der Waals surface area contributed by atoms with Gasteiger partial charge in [-0.25, -0.2) is 14.8 Å². The van der Waals surface area contributed by atoms with Crippen LogP contribution in [0.25, 0.3) is 10.7 Å². The van der Waals surface area contributed by atoms with Crippen LogP contribution in [0.5, 0.6) is 0 Å². The molecule has 0 saturated heterocycles. The molecule has 0 bridgehead atoms. The quantitative estimate of drug-likeness (QED) is 0.931. The van der Waals surface area contributed by atoms with Gasteiger partial charge < -0.3 is 9.67 Å². The predicted molar refractivity (Wildman–Crippen MR) is 74.8 cm³/mol. The fourth-order valence-corrected chi connectivity index (χ4v) is 2.94. The minimum absolute atomic E-state index is 0.0894. The Hall–Kier alpha value is -1.69. The number of aromatic carboxylic acids is 1. The number of aromatic nitrogens is 3. The molecule has 0 aliphatic rings. The van der Waals surface area contributed by atoms with Gasteiger partial charge in [0.1, 0.15) is 9.88 Å². The molecular weight excluding hydrogens is 262 g/mol. The molecule has 0 aliphatic carbocycles. The highest BCUT2D eigenvalue weighted by Crippen LogP contribution is 2.32. The molecule has 0 unspecified atom stereocenters. The van der Waals surface area contributed by atoms with Gasteiger partial charge in [0.05, 0.1) is 23.9 Å². The molecule has 102 valence electrons. The number of imidazole rings is 1. The van der Waals surface area contributed by atoms with E-state index in [1.807, 2.05) is 18.4 Å². The molecule has 2 aromatic heterocycles. The normalized spacial score (nSPS) is 11.5. The second-order valence-electron chi connectivity index (χ2n) is 4.97. The molecule has 0 spiro atoms. The molecule has 0 aromatic carbocycles. The van der Waals surface area contributed by atoms with Gasteiger partial charge in [0, 0.05) is 6.04 Å². The second kappa shape index (κ2) is 5.13. The van der Waals surface area contributed by atoms with Crippen molar-refractivity contribution in [1.82, 2.24) is 14.5 Å². The van der Waals surface area contributed by atoms with Gasteiger partial charge in [0.25, 0.3) is 0 Å². The zero-order valence-corrected chi connectivity index (χ0v) is 12.2. The molecule has 0 radical (unpaired) electrons. The molecule has 1 N–H and O–H groups in total. The van der Waals surface area contributed by atoms with Gasteiger partial charge in [-0.3, -0.25) is 0 Å². The Morgan fingerprint density at radius 2 is 2.05 bits per heavy atom. The number of hydrogen-bond donors (Lipinski definition) is 1. The van der Waals surface area contributed by atoms with Gasteiger partial charge in [-0.05, 0) is 19.8 Å². The topological polar surface area (TPSA) is 68.0 Å². The minimum Gasteiger partial charge on any atom is -0.477 e. The van der Waals surface area contributed by atoms with Crippen LogP contribution in [0.15, 0.2) is 12.5 Å². The first-order valence-electron chi connectivity index (χ1n) is 6.18. The molecule has 2 rings (SSSR count). The SMILES string of the molecule is CC(C)c1nc(-c2cncn2C(C)C)sc1C(=O)O. The fraction of sp³-hybridized carbons (Fsp3) is 0.462. The van der Waals surface area contributed by atoms with E-state index in [1.165, 1.54) is 11.3 Å². The lowest BCUT2D eigenvalue weighted by Gasteiger charge is -2.09. The van der Waals surface area contributed by atoms with Crippen molar-refractivity contribution in [2.45, 2.75) is 39.7 Å². The molecule has 2 heterocycles. The zero-order valence-electron chi connectivity index (χ0n) is 11.4. The van der Waals surface area contributed by atoms with Crippen LogP contribution < -0.4 is 0 Å². The summed E-state index contributed by atoms with van der Waals surface area (Å²) in [5.74, 6) is -0.824. The Morgan fingerprint density at radius 3 is 2.53 bits per heavy atom. The van der Waals surface area contributed by atoms with E-state index in [0.29, 0.717) is 15.6 Å². The van der Waals surface area contributed by atoms with Crippen molar-refractivity contribution in [2.75, 3.05) is 0 Å². The van der Waals surface area contributed by atoms with E-state index in [2.05, 4.69) is 23.8 Å². The van der Waals surface area contributed by atoms with Gasteiger partial charge in [0.2, 0.25) is 0 Å². The number of carbonyl (C=O) groups is 1. The second-order valence-corrected chi connectivity index (χ2v) is 5.97. The van der Waals surface area contributed by atoms with Crippen LogP contribution in [0.1, 0.15) is 55.0 Å². The van der Waals surface area contributed by atoms with Crippen molar-refractivity contribution in [3.8, 4) is 10.7 Å². The van der Waals surface area contributed by atoms with Gasteiger partial charge >= 0.3 is 5.97 Å². The van der Waals surface area contributed by atoms with E-state index in [1.54, 1.807) is 12.5 Å². The average molecular weight is 279 g/mol. The van der Waals surface area contributed by atoms with Crippen molar-refractivity contribution in [3.63, 3.8) is 0 Å². The van der Waals surface area contributed by atoms with Crippen LogP contribution in [0.4, 0.5) is 0 Å². The van der Waals surface area contributed by atoms with Crippen molar-refractivity contribution in [3.05, 3.63) is 23.1 Å². The summed E-state index contributed by atoms with van der Waals surface area (Å²) in [6.45, 7) is 8.01. The molecule has 0 atom stereocenters. The first-order chi connectivity index (χ1) is 8.91. The first kappa shape index (κ1) is 13.7. The summed E-state index contributed by atoms with van der Waals surface area (Å²) < 4.78 is 1.99. The largest absolute Gasteiger partial charge is 0.477 e. The van der Waals surface area contributed by atoms with E-state index in [9.17, 15) is 9.90 Å². The Balaban J connectivity index is 2.54. The van der Waals surface area contributed by atoms with E-state index < -0.39 is 5.97 Å². The summed E-state index contributed by atoms with van der Waals surface area (Å²) in [7, 11) is 0. The average Bonchev–Trinajstić information content (AvgIpc) is 2.95. The monoisotopic (exact) mass is 279 g/mol. The standard InChI is InChI=1S/C13H17N3O2S/c1-7(2)10-11(13(17)18)19-12(15-10)9-5-14-6-16(9)8(3)4/h5-8H,1-4H3,(H,17,18). The maximum atomic E-state index is 11.3. The smallest absolute Gasteiger partial charge is 0.347 e. The number of rotatable bonds is 4. The molecule has 0 aliphatic heterocycles. The third-order valence-electron chi connectivity index (χ3n) is 2.84. The maximum absolute atomic E-state index is 11.3. The summed E-state index contributed by atoms with van der Waals surface area (Å²) in [6, 6.07) is 0.261. The van der Waals surface area contributed by atoms with E-state index in [4.69, 9.17) is 0 Å². The molecule has 0 saturated carbocycles. The molecular formula is C13H17N3O2S. The molecule has 0 fully saturated rings. The molecule has 19 heavy (non-hydrogen) atoms. The summed E-state index contributed by atoms with van der Waals surface area (Å²) in [6.07, 6.45) is 3.48. The number of hydrogen-bond acceptors (Lipinski definition) is 4. The molecule has 5 nitrogen and oxygen atoms in total. The zero-order chi connectivity index (χ0) is 14.2. The van der Waals surface area contributed by atoms with Crippen LogP contribution in [-0.2, 0) is 0 Å². The Morgan fingerprint density at radius 1 is 1.37 bits per heavy atom. The number of nitrogens with zero attached hydrogens (tertiary/aromatic N) is 3.